The molecule has 0 atom stereocenters. The van der Waals surface area contributed by atoms with E-state index >= 15 is 0 Å². The smallest absolute Gasteiger partial charge is 0.0760 e. The number of para-hydroxylation sites is 1. The van der Waals surface area contributed by atoms with Gasteiger partial charge < -0.3 is 9.88 Å². The van der Waals surface area contributed by atoms with Gasteiger partial charge in [0, 0.05) is 24.0 Å². The number of nitrogens with one attached hydrogen (secondary N) is 1. The molecule has 1 aliphatic heterocycles. The molecule has 0 amide bonds. The van der Waals surface area contributed by atoms with E-state index in [1.807, 2.05) is 12.4 Å². The standard InChI is InChI=1S/C10H8N2/c1-2-8-4-6-12-7-5-11-9(3-1)10(8)12/h1-7,11H. The molecule has 0 saturated heterocycles. The molecule has 1 N–H and O–H groups in total. The molecule has 2 nitrogen and oxygen atoms in total. The molecule has 0 fully saturated rings. The van der Waals surface area contributed by atoms with Gasteiger partial charge in [-0.25, -0.2) is 0 Å². The van der Waals surface area contributed by atoms with Crippen LogP contribution >= 0.6 is 0 Å². The van der Waals surface area contributed by atoms with Crippen LogP contribution in [0.2, 0.25) is 0 Å². The minimum absolute atomic E-state index is 1.18. The van der Waals surface area contributed by atoms with E-state index in [1.165, 1.54) is 16.6 Å². The molecule has 1 aliphatic rings. The zero-order valence-corrected chi connectivity index (χ0v) is 6.49. The first-order chi connectivity index (χ1) is 5.95. The van der Waals surface area contributed by atoms with E-state index in [4.69, 9.17) is 0 Å². The molecule has 0 bridgehead atoms. The van der Waals surface area contributed by atoms with Gasteiger partial charge in [0.05, 0.1) is 11.2 Å². The van der Waals surface area contributed by atoms with E-state index < -0.39 is 0 Å². The number of hydrogen-bond acceptors (Lipinski definition) is 1. The molecular weight excluding hydrogens is 148 g/mol. The summed E-state index contributed by atoms with van der Waals surface area (Å²) in [5.74, 6) is 0. The zero-order chi connectivity index (χ0) is 7.97. The van der Waals surface area contributed by atoms with Gasteiger partial charge >= 0.3 is 0 Å². The molecular formula is C10H8N2. The predicted octanol–water partition coefficient (Wildman–Crippen LogP) is 2.50. The van der Waals surface area contributed by atoms with E-state index in [0.717, 1.165) is 0 Å². The normalized spacial score (nSPS) is 13.3. The van der Waals surface area contributed by atoms with Crippen LogP contribution in [-0.2, 0) is 0 Å². The van der Waals surface area contributed by atoms with Crippen LogP contribution in [0.15, 0.2) is 36.7 Å². The number of anilines is 1. The van der Waals surface area contributed by atoms with Crippen molar-refractivity contribution in [2.45, 2.75) is 0 Å². The SMILES string of the molecule is C1=Cn2ccc3cccc(c32)N1. The maximum atomic E-state index is 3.21. The van der Waals surface area contributed by atoms with Gasteiger partial charge in [-0.3, -0.25) is 0 Å². The van der Waals surface area contributed by atoms with Gasteiger partial charge in [0.2, 0.25) is 0 Å². The lowest BCUT2D eigenvalue weighted by atomic mass is 10.2. The van der Waals surface area contributed by atoms with Gasteiger partial charge in [0.1, 0.15) is 0 Å². The molecule has 58 valence electrons. The van der Waals surface area contributed by atoms with Crippen molar-refractivity contribution in [3.63, 3.8) is 0 Å². The third kappa shape index (κ3) is 0.593. The zero-order valence-electron chi connectivity index (χ0n) is 6.49. The molecule has 2 heteroatoms. The fourth-order valence-electron chi connectivity index (χ4n) is 1.67. The van der Waals surface area contributed by atoms with Crippen molar-refractivity contribution in [3.05, 3.63) is 36.7 Å². The molecule has 3 rings (SSSR count). The Bertz CT molecular complexity index is 466. The lowest BCUT2D eigenvalue weighted by molar-refractivity contribution is 1.21. The van der Waals surface area contributed by atoms with Gasteiger partial charge in [0.25, 0.3) is 0 Å². The second-order valence-electron chi connectivity index (χ2n) is 2.93. The fourth-order valence-corrected chi connectivity index (χ4v) is 1.67. The number of rotatable bonds is 0. The molecule has 0 unspecified atom stereocenters. The third-order valence-corrected chi connectivity index (χ3v) is 2.21. The Balaban J connectivity index is 2.57. The highest BCUT2D eigenvalue weighted by Gasteiger charge is 2.05. The minimum atomic E-state index is 1.18. The van der Waals surface area contributed by atoms with Gasteiger partial charge in [-0.15, -0.1) is 0 Å². The van der Waals surface area contributed by atoms with Gasteiger partial charge in [-0.1, -0.05) is 12.1 Å². The predicted molar refractivity (Wildman–Crippen MR) is 50.9 cm³/mol. The Labute approximate surface area is 70.1 Å². The molecule has 0 spiro atoms. The first-order valence-electron chi connectivity index (χ1n) is 3.98. The first-order valence-corrected chi connectivity index (χ1v) is 3.98. The van der Waals surface area contributed by atoms with Gasteiger partial charge in [-0.2, -0.15) is 0 Å². The highest BCUT2D eigenvalue weighted by molar-refractivity contribution is 5.94. The molecule has 0 aliphatic carbocycles. The summed E-state index contributed by atoms with van der Waals surface area (Å²) in [5, 5.41) is 4.49. The van der Waals surface area contributed by atoms with Crippen LogP contribution in [0, 0.1) is 0 Å². The van der Waals surface area contributed by atoms with E-state index in [-0.39, 0.29) is 0 Å². The number of benzene rings is 1. The highest BCUT2D eigenvalue weighted by Crippen LogP contribution is 2.26. The summed E-state index contributed by atoms with van der Waals surface area (Å²) in [6.45, 7) is 0. The molecule has 2 heterocycles. The second kappa shape index (κ2) is 1.91. The van der Waals surface area contributed by atoms with Crippen molar-refractivity contribution in [3.8, 4) is 0 Å². The Kier molecular flexibility index (Phi) is 0.939. The summed E-state index contributed by atoms with van der Waals surface area (Å²) in [5.41, 5.74) is 2.44. The molecule has 12 heavy (non-hydrogen) atoms. The molecule has 0 saturated carbocycles. The van der Waals surface area contributed by atoms with Crippen molar-refractivity contribution in [2.75, 3.05) is 5.32 Å². The minimum Gasteiger partial charge on any atom is -0.359 e. The quantitative estimate of drug-likeness (QED) is 0.620. The molecule has 1 aromatic carbocycles. The maximum Gasteiger partial charge on any atom is 0.0760 e. The lowest BCUT2D eigenvalue weighted by Crippen LogP contribution is -1.98. The van der Waals surface area contributed by atoms with Gasteiger partial charge in [-0.05, 0) is 12.1 Å². The highest BCUT2D eigenvalue weighted by atomic mass is 15.0. The van der Waals surface area contributed by atoms with Gasteiger partial charge in [0.15, 0.2) is 0 Å². The first kappa shape index (κ1) is 5.89. The summed E-state index contributed by atoms with van der Waals surface area (Å²) in [4.78, 5) is 0. The molecule has 0 radical (unpaired) electrons. The third-order valence-electron chi connectivity index (χ3n) is 2.21. The number of hydrogen-bond donors (Lipinski definition) is 1. The Morgan fingerprint density at radius 1 is 1.17 bits per heavy atom. The Hall–Kier alpha value is -1.70. The van der Waals surface area contributed by atoms with Crippen molar-refractivity contribution in [2.24, 2.45) is 0 Å². The van der Waals surface area contributed by atoms with Crippen LogP contribution in [0.5, 0.6) is 0 Å². The molecule has 1 aromatic heterocycles. The van der Waals surface area contributed by atoms with E-state index in [0.29, 0.717) is 0 Å². The van der Waals surface area contributed by atoms with Crippen molar-refractivity contribution >= 4 is 22.8 Å². The molecule has 2 aromatic rings. The average molecular weight is 156 g/mol. The van der Waals surface area contributed by atoms with Crippen LogP contribution in [0.25, 0.3) is 17.1 Å². The summed E-state index contributed by atoms with van der Waals surface area (Å²) in [7, 11) is 0. The van der Waals surface area contributed by atoms with Crippen LogP contribution in [0.4, 0.5) is 5.69 Å². The van der Waals surface area contributed by atoms with Crippen molar-refractivity contribution in [1.29, 1.82) is 0 Å². The van der Waals surface area contributed by atoms with Crippen molar-refractivity contribution < 1.29 is 0 Å². The van der Waals surface area contributed by atoms with Crippen LogP contribution in [0.1, 0.15) is 0 Å². The van der Waals surface area contributed by atoms with E-state index in [2.05, 4.69) is 40.3 Å². The topological polar surface area (TPSA) is 17.0 Å². The fraction of sp³-hybridized carbons (Fsp3) is 0. The Morgan fingerprint density at radius 3 is 3.17 bits per heavy atom. The summed E-state index contributed by atoms with van der Waals surface area (Å²) >= 11 is 0. The summed E-state index contributed by atoms with van der Waals surface area (Å²) in [6, 6.07) is 8.39. The van der Waals surface area contributed by atoms with E-state index in [9.17, 15) is 0 Å². The summed E-state index contributed by atoms with van der Waals surface area (Å²) < 4.78 is 2.13. The number of aromatic nitrogens is 1. The largest absolute Gasteiger partial charge is 0.359 e. The lowest BCUT2D eigenvalue weighted by Gasteiger charge is -2.10. The second-order valence-corrected chi connectivity index (χ2v) is 2.93. The van der Waals surface area contributed by atoms with Crippen LogP contribution < -0.4 is 5.32 Å². The number of nitrogens with zero attached hydrogens (tertiary/aromatic N) is 1. The van der Waals surface area contributed by atoms with Crippen molar-refractivity contribution in [1.82, 2.24) is 4.57 Å². The van der Waals surface area contributed by atoms with Crippen LogP contribution in [0.3, 0.4) is 0 Å². The van der Waals surface area contributed by atoms with Crippen LogP contribution in [-0.4, -0.2) is 4.57 Å². The summed E-state index contributed by atoms with van der Waals surface area (Å²) in [6.07, 6.45) is 6.04. The monoisotopic (exact) mass is 156 g/mol. The van der Waals surface area contributed by atoms with E-state index in [1.54, 1.807) is 0 Å². The Morgan fingerprint density at radius 2 is 2.17 bits per heavy atom. The average Bonchev–Trinajstić information content (AvgIpc) is 2.52. The maximum absolute atomic E-state index is 3.21.